The molecule has 1 aliphatic heterocycles. The van der Waals surface area contributed by atoms with Gasteiger partial charge in [0.25, 0.3) is 0 Å². The van der Waals surface area contributed by atoms with Crippen molar-refractivity contribution in [1.82, 2.24) is 15.6 Å². The van der Waals surface area contributed by atoms with Gasteiger partial charge in [-0.05, 0) is 12.1 Å². The second-order valence-electron chi connectivity index (χ2n) is 3.79. The SMILES string of the molecule is COc1ncccc1NC(=O)C1CNC(=O)CN1. The molecule has 1 aromatic rings. The molecule has 7 heteroatoms. The van der Waals surface area contributed by atoms with Gasteiger partial charge in [-0.1, -0.05) is 0 Å². The molecule has 2 amide bonds. The van der Waals surface area contributed by atoms with Gasteiger partial charge in [0.05, 0.1) is 13.7 Å². The van der Waals surface area contributed by atoms with Crippen LogP contribution < -0.4 is 20.7 Å². The number of hydrogen-bond donors (Lipinski definition) is 3. The Morgan fingerprint density at radius 2 is 2.44 bits per heavy atom. The fraction of sp³-hybridized carbons (Fsp3) is 0.364. The van der Waals surface area contributed by atoms with Crippen molar-refractivity contribution >= 4 is 17.5 Å². The molecule has 0 radical (unpaired) electrons. The zero-order valence-corrected chi connectivity index (χ0v) is 9.90. The molecule has 1 aromatic heterocycles. The largest absolute Gasteiger partial charge is 0.480 e. The molecule has 1 unspecified atom stereocenters. The summed E-state index contributed by atoms with van der Waals surface area (Å²) < 4.78 is 5.03. The van der Waals surface area contributed by atoms with Gasteiger partial charge in [0, 0.05) is 12.7 Å². The van der Waals surface area contributed by atoms with Gasteiger partial charge in [-0.3, -0.25) is 14.9 Å². The number of hydrogen-bond acceptors (Lipinski definition) is 5. The minimum atomic E-state index is -0.451. The fourth-order valence-electron chi connectivity index (χ4n) is 1.62. The summed E-state index contributed by atoms with van der Waals surface area (Å²) in [6.45, 7) is 0.412. The van der Waals surface area contributed by atoms with Crippen LogP contribution in [0.2, 0.25) is 0 Å². The summed E-state index contributed by atoms with van der Waals surface area (Å²) >= 11 is 0. The van der Waals surface area contributed by atoms with E-state index in [1.54, 1.807) is 18.3 Å². The van der Waals surface area contributed by atoms with Crippen LogP contribution >= 0.6 is 0 Å². The molecule has 2 rings (SSSR count). The maximum atomic E-state index is 11.9. The molecule has 0 aliphatic carbocycles. The lowest BCUT2D eigenvalue weighted by Crippen LogP contribution is -2.56. The first kappa shape index (κ1) is 12.3. The number of rotatable bonds is 3. The molecule has 1 aliphatic rings. The maximum absolute atomic E-state index is 11.9. The number of carbonyl (C=O) groups is 2. The molecule has 18 heavy (non-hydrogen) atoms. The number of nitrogens with zero attached hydrogens (tertiary/aromatic N) is 1. The van der Waals surface area contributed by atoms with E-state index in [1.807, 2.05) is 0 Å². The quantitative estimate of drug-likeness (QED) is 0.647. The van der Waals surface area contributed by atoms with Crippen molar-refractivity contribution in [1.29, 1.82) is 0 Å². The van der Waals surface area contributed by atoms with Crippen molar-refractivity contribution < 1.29 is 14.3 Å². The van der Waals surface area contributed by atoms with Crippen LogP contribution in [0.5, 0.6) is 5.88 Å². The van der Waals surface area contributed by atoms with Crippen LogP contribution in [0.25, 0.3) is 0 Å². The number of pyridine rings is 1. The van der Waals surface area contributed by atoms with Crippen molar-refractivity contribution in [3.63, 3.8) is 0 Å². The van der Waals surface area contributed by atoms with E-state index < -0.39 is 6.04 Å². The molecular formula is C11H14N4O3. The van der Waals surface area contributed by atoms with E-state index in [0.29, 0.717) is 11.6 Å². The Kier molecular flexibility index (Phi) is 3.73. The molecule has 7 nitrogen and oxygen atoms in total. The number of piperazine rings is 1. The minimum absolute atomic E-state index is 0.113. The number of aromatic nitrogens is 1. The first-order valence-electron chi connectivity index (χ1n) is 5.50. The lowest BCUT2D eigenvalue weighted by molar-refractivity contribution is -0.124. The molecule has 0 spiro atoms. The van der Waals surface area contributed by atoms with E-state index in [1.165, 1.54) is 7.11 Å². The second kappa shape index (κ2) is 5.46. The Balaban J connectivity index is 2.00. The summed E-state index contributed by atoms with van der Waals surface area (Å²) in [5.41, 5.74) is 0.503. The Morgan fingerprint density at radius 3 is 3.11 bits per heavy atom. The van der Waals surface area contributed by atoms with E-state index in [9.17, 15) is 9.59 Å². The third-order valence-corrected chi connectivity index (χ3v) is 2.55. The summed E-state index contributed by atoms with van der Waals surface area (Å²) in [6, 6.07) is 2.95. The number of nitrogens with one attached hydrogen (secondary N) is 3. The Morgan fingerprint density at radius 1 is 1.61 bits per heavy atom. The fourth-order valence-corrected chi connectivity index (χ4v) is 1.62. The molecule has 3 N–H and O–H groups in total. The average molecular weight is 250 g/mol. The first-order chi connectivity index (χ1) is 8.70. The monoisotopic (exact) mass is 250 g/mol. The molecule has 2 heterocycles. The molecule has 96 valence electrons. The summed E-state index contributed by atoms with van der Waals surface area (Å²) in [5, 5.41) is 8.17. The molecule has 0 saturated carbocycles. The molecule has 0 aromatic carbocycles. The van der Waals surface area contributed by atoms with E-state index in [2.05, 4.69) is 20.9 Å². The minimum Gasteiger partial charge on any atom is -0.480 e. The first-order valence-corrected chi connectivity index (χ1v) is 5.50. The lowest BCUT2D eigenvalue weighted by Gasteiger charge is -2.23. The average Bonchev–Trinajstić information content (AvgIpc) is 2.40. The van der Waals surface area contributed by atoms with Crippen LogP contribution in [0.3, 0.4) is 0 Å². The van der Waals surface area contributed by atoms with Crippen LogP contribution in [0.15, 0.2) is 18.3 Å². The summed E-state index contributed by atoms with van der Waals surface area (Å²) in [7, 11) is 1.48. The Bertz CT molecular complexity index is 453. The van der Waals surface area contributed by atoms with E-state index >= 15 is 0 Å². The smallest absolute Gasteiger partial charge is 0.243 e. The highest BCUT2D eigenvalue weighted by molar-refractivity contribution is 5.97. The van der Waals surface area contributed by atoms with Crippen molar-refractivity contribution in [2.75, 3.05) is 25.5 Å². The van der Waals surface area contributed by atoms with Gasteiger partial charge in [-0.15, -0.1) is 0 Å². The topological polar surface area (TPSA) is 92.3 Å². The van der Waals surface area contributed by atoms with Crippen LogP contribution in [-0.4, -0.2) is 43.0 Å². The predicted octanol–water partition coefficient (Wildman–Crippen LogP) is -0.883. The molecule has 0 bridgehead atoms. The van der Waals surface area contributed by atoms with Gasteiger partial charge < -0.3 is 15.4 Å². The highest BCUT2D eigenvalue weighted by Gasteiger charge is 2.24. The Hall–Kier alpha value is -2.15. The van der Waals surface area contributed by atoms with E-state index in [0.717, 1.165) is 0 Å². The summed E-state index contributed by atoms with van der Waals surface area (Å²) in [5.74, 6) is 0.00463. The highest BCUT2D eigenvalue weighted by atomic mass is 16.5. The van der Waals surface area contributed by atoms with Crippen LogP contribution in [0, 0.1) is 0 Å². The van der Waals surface area contributed by atoms with Gasteiger partial charge in [0.2, 0.25) is 17.7 Å². The van der Waals surface area contributed by atoms with Crippen molar-refractivity contribution in [2.24, 2.45) is 0 Å². The van der Waals surface area contributed by atoms with Gasteiger partial charge >= 0.3 is 0 Å². The van der Waals surface area contributed by atoms with Gasteiger partial charge in [-0.2, -0.15) is 0 Å². The zero-order valence-electron chi connectivity index (χ0n) is 9.90. The zero-order chi connectivity index (χ0) is 13.0. The lowest BCUT2D eigenvalue weighted by atomic mass is 10.2. The maximum Gasteiger partial charge on any atom is 0.243 e. The van der Waals surface area contributed by atoms with Gasteiger partial charge in [0.1, 0.15) is 11.7 Å². The van der Waals surface area contributed by atoms with E-state index in [-0.39, 0.29) is 24.9 Å². The number of carbonyl (C=O) groups excluding carboxylic acids is 2. The Labute approximate surface area is 104 Å². The van der Waals surface area contributed by atoms with Crippen molar-refractivity contribution in [3.05, 3.63) is 18.3 Å². The molecule has 1 saturated heterocycles. The number of ether oxygens (including phenoxy) is 1. The number of anilines is 1. The third kappa shape index (κ3) is 2.75. The van der Waals surface area contributed by atoms with Crippen LogP contribution in [0.1, 0.15) is 0 Å². The predicted molar refractivity (Wildman–Crippen MR) is 64.2 cm³/mol. The number of amides is 2. The number of methoxy groups -OCH3 is 1. The van der Waals surface area contributed by atoms with Gasteiger partial charge in [-0.25, -0.2) is 4.98 Å². The van der Waals surface area contributed by atoms with Crippen molar-refractivity contribution in [2.45, 2.75) is 6.04 Å². The normalized spacial score (nSPS) is 18.9. The van der Waals surface area contributed by atoms with E-state index in [4.69, 9.17) is 4.74 Å². The van der Waals surface area contributed by atoms with Crippen LogP contribution in [0.4, 0.5) is 5.69 Å². The third-order valence-electron chi connectivity index (χ3n) is 2.55. The summed E-state index contributed by atoms with van der Waals surface area (Å²) in [6.07, 6.45) is 1.58. The van der Waals surface area contributed by atoms with Crippen LogP contribution in [-0.2, 0) is 9.59 Å². The second-order valence-corrected chi connectivity index (χ2v) is 3.79. The van der Waals surface area contributed by atoms with Crippen molar-refractivity contribution in [3.8, 4) is 5.88 Å². The summed E-state index contributed by atoms with van der Waals surface area (Å²) in [4.78, 5) is 26.9. The highest BCUT2D eigenvalue weighted by Crippen LogP contribution is 2.19. The molecule has 1 fully saturated rings. The molecular weight excluding hydrogens is 236 g/mol. The molecule has 1 atom stereocenters. The standard InChI is InChI=1S/C11H14N4O3/c1-18-11-7(3-2-4-12-11)15-10(17)8-5-14-9(16)6-13-8/h2-4,8,13H,5-6H2,1H3,(H,14,16)(H,15,17). The van der Waals surface area contributed by atoms with Gasteiger partial charge in [0.15, 0.2) is 0 Å².